The van der Waals surface area contributed by atoms with E-state index >= 15 is 4.79 Å². The molecule has 0 radical (unpaired) electrons. The summed E-state index contributed by atoms with van der Waals surface area (Å²) in [7, 11) is -3.88. The molecule has 1 saturated heterocycles. The van der Waals surface area contributed by atoms with Crippen molar-refractivity contribution >= 4 is 50.6 Å². The highest BCUT2D eigenvalue weighted by Crippen LogP contribution is 2.88. The third-order valence-corrected chi connectivity index (χ3v) is 15.9. The van der Waals surface area contributed by atoms with E-state index in [4.69, 9.17) is 0 Å². The van der Waals surface area contributed by atoms with Crippen LogP contribution in [0.2, 0.25) is 0 Å². The first-order chi connectivity index (χ1) is 25.9. The lowest BCUT2D eigenvalue weighted by atomic mass is 9.73. The van der Waals surface area contributed by atoms with E-state index in [0.29, 0.717) is 36.8 Å². The quantitative estimate of drug-likeness (QED) is 0.212. The number of H-pyrrole nitrogens is 1. The molecule has 1 aromatic heterocycles. The summed E-state index contributed by atoms with van der Waals surface area (Å²) in [6, 6.07) is 4.06. The molecule has 1 aliphatic heterocycles. The number of likely N-dealkylation sites (tertiary alicyclic amines) is 1. The Bertz CT molecular complexity index is 2090. The minimum Gasteiger partial charge on any atom is -0.342 e. The first-order valence-electron chi connectivity index (χ1n) is 19.8. The van der Waals surface area contributed by atoms with Crippen molar-refractivity contribution in [3.05, 3.63) is 42.7 Å². The normalized spacial score (nSPS) is 28.5. The molecule has 5 fully saturated rings. The zero-order valence-electron chi connectivity index (χ0n) is 33.8. The molecule has 5 aliphatic rings. The van der Waals surface area contributed by atoms with Gasteiger partial charge in [-0.15, -0.1) is 6.58 Å². The number of sulfonamides is 1. The van der Waals surface area contributed by atoms with E-state index in [-0.39, 0.29) is 28.5 Å². The zero-order valence-corrected chi connectivity index (χ0v) is 34.6. The molecule has 15 heteroatoms. The van der Waals surface area contributed by atoms with Gasteiger partial charge < -0.3 is 25.8 Å². The number of amides is 5. The molecule has 4 aliphatic carbocycles. The van der Waals surface area contributed by atoms with Crippen molar-refractivity contribution in [3.8, 4) is 0 Å². The standard InChI is InChI=1S/C41H57N7O7S/c1-10-23-20-41(23,35(53)47-56(54,55)24-16-17-24)46-31(49)27-21-40(38(8,9)39(40)18-13-19-39)22-48(27)34(52)29(37(5,6)7)45-32(50)28(36(2,3)4)44-33(51)30-42-25-14-11-12-15-26(25)43-30/h10-12,14-15,23-24,27-29H,1,13,16-22H2,2-9H3,(H,42,43)(H,44,51)(H,45,50)(H,46,49)(H,47,53)/t23-,27+,28-,29-,40-,41-/m1/s1. The second-order valence-electron chi connectivity index (χ2n) is 19.7. The Labute approximate surface area is 329 Å². The van der Waals surface area contributed by atoms with Gasteiger partial charge in [-0.3, -0.25) is 28.7 Å². The molecule has 1 aromatic carbocycles. The fourth-order valence-corrected chi connectivity index (χ4v) is 11.4. The summed E-state index contributed by atoms with van der Waals surface area (Å²) in [4.78, 5) is 80.0. The third-order valence-electron chi connectivity index (χ3n) is 14.1. The van der Waals surface area contributed by atoms with Gasteiger partial charge in [-0.2, -0.15) is 0 Å². The van der Waals surface area contributed by atoms with Gasteiger partial charge in [0.25, 0.3) is 11.8 Å². The van der Waals surface area contributed by atoms with Gasteiger partial charge in [0.2, 0.25) is 27.7 Å². The molecule has 304 valence electrons. The van der Waals surface area contributed by atoms with Gasteiger partial charge in [-0.1, -0.05) is 80.0 Å². The summed E-state index contributed by atoms with van der Waals surface area (Å²) in [6.45, 7) is 19.5. The van der Waals surface area contributed by atoms with Gasteiger partial charge in [0.15, 0.2) is 5.82 Å². The summed E-state index contributed by atoms with van der Waals surface area (Å²) >= 11 is 0. The molecular weight excluding hydrogens is 735 g/mol. The Morgan fingerprint density at radius 1 is 0.946 bits per heavy atom. The zero-order chi connectivity index (χ0) is 41.0. The maximum absolute atomic E-state index is 15.1. The van der Waals surface area contributed by atoms with Crippen molar-refractivity contribution in [2.24, 2.45) is 33.0 Å². The van der Waals surface area contributed by atoms with Crippen molar-refractivity contribution in [2.75, 3.05) is 6.54 Å². The van der Waals surface area contributed by atoms with Crippen LogP contribution in [0.5, 0.6) is 0 Å². The Kier molecular flexibility index (Phi) is 9.18. The van der Waals surface area contributed by atoms with Gasteiger partial charge in [0.1, 0.15) is 23.7 Å². The van der Waals surface area contributed by atoms with Crippen molar-refractivity contribution in [1.29, 1.82) is 0 Å². The van der Waals surface area contributed by atoms with Crippen LogP contribution in [0.25, 0.3) is 11.0 Å². The van der Waals surface area contributed by atoms with E-state index in [1.165, 1.54) is 0 Å². The summed E-state index contributed by atoms with van der Waals surface area (Å²) in [5.74, 6) is -3.35. The van der Waals surface area contributed by atoms with Crippen LogP contribution in [-0.2, 0) is 29.2 Å². The molecular formula is C41H57N7O7S. The first-order valence-corrected chi connectivity index (χ1v) is 21.4. The first kappa shape index (κ1) is 39.9. The van der Waals surface area contributed by atoms with Crippen LogP contribution in [0.1, 0.15) is 111 Å². The van der Waals surface area contributed by atoms with Gasteiger partial charge in [0.05, 0.1) is 16.3 Å². The number of hydrogen-bond donors (Lipinski definition) is 5. The number of para-hydroxylation sites is 2. The highest BCUT2D eigenvalue weighted by Gasteiger charge is 2.85. The smallest absolute Gasteiger partial charge is 0.287 e. The number of aromatic nitrogens is 2. The van der Waals surface area contributed by atoms with E-state index in [0.717, 1.165) is 19.3 Å². The fraction of sp³-hybridized carbons (Fsp3) is 0.659. The van der Waals surface area contributed by atoms with Crippen molar-refractivity contribution in [1.82, 2.24) is 35.5 Å². The lowest BCUT2D eigenvalue weighted by molar-refractivity contribution is -0.145. The molecule has 2 spiro atoms. The number of nitrogens with zero attached hydrogens (tertiary/aromatic N) is 2. The Morgan fingerprint density at radius 2 is 1.59 bits per heavy atom. The topological polar surface area (TPSA) is 200 Å². The lowest BCUT2D eigenvalue weighted by Gasteiger charge is -2.38. The average Bonchev–Trinajstić information content (AvgIpc) is 4.02. The van der Waals surface area contributed by atoms with Gasteiger partial charge in [-0.05, 0) is 72.3 Å². The lowest BCUT2D eigenvalue weighted by Crippen LogP contribution is -2.63. The highest BCUT2D eigenvalue weighted by molar-refractivity contribution is 7.91. The molecule has 2 heterocycles. The summed E-state index contributed by atoms with van der Waals surface area (Å²) in [6.07, 6.45) is 6.07. The number of nitrogens with one attached hydrogen (secondary N) is 5. The third kappa shape index (κ3) is 6.23. The second-order valence-corrected chi connectivity index (χ2v) is 21.7. The number of aromatic amines is 1. The van der Waals surface area contributed by atoms with E-state index < -0.39 is 85.2 Å². The molecule has 4 saturated carbocycles. The maximum Gasteiger partial charge on any atom is 0.287 e. The monoisotopic (exact) mass is 791 g/mol. The molecule has 7 rings (SSSR count). The summed E-state index contributed by atoms with van der Waals surface area (Å²) in [5, 5.41) is 8.12. The fourth-order valence-electron chi connectivity index (χ4n) is 10.1. The maximum atomic E-state index is 15.1. The SMILES string of the molecule is C=C[C@@H]1C[C@]1(NC(=O)[C@@H]1C[C@@]2(CN1C(=O)[C@@H](NC(=O)[C@@H](NC(=O)c1nc3ccccc3[nH]1)C(C)(C)C)C(C)(C)C)C(C)(C)C21CCC1)C(=O)NS(=O)(=O)C1CC1. The van der Waals surface area contributed by atoms with Gasteiger partial charge in [0, 0.05) is 17.9 Å². The molecule has 56 heavy (non-hydrogen) atoms. The number of carbonyl (C=O) groups excluding carboxylic acids is 5. The second kappa shape index (κ2) is 12.9. The van der Waals surface area contributed by atoms with Crippen LogP contribution in [0.4, 0.5) is 0 Å². The molecule has 0 unspecified atom stereocenters. The van der Waals surface area contributed by atoms with Gasteiger partial charge in [-0.25, -0.2) is 13.4 Å². The Morgan fingerprint density at radius 3 is 2.11 bits per heavy atom. The van der Waals surface area contributed by atoms with Crippen molar-refractivity contribution < 1.29 is 32.4 Å². The van der Waals surface area contributed by atoms with Crippen LogP contribution < -0.4 is 20.7 Å². The van der Waals surface area contributed by atoms with E-state index in [1.807, 2.05) is 53.7 Å². The summed E-state index contributed by atoms with van der Waals surface area (Å²) < 4.78 is 27.8. The Hall–Kier alpha value is -4.27. The van der Waals surface area contributed by atoms with E-state index in [2.05, 4.69) is 51.1 Å². The van der Waals surface area contributed by atoms with Crippen LogP contribution in [-0.4, -0.2) is 88.3 Å². The number of fused-ring (bicyclic) bond motifs is 2. The van der Waals surface area contributed by atoms with Gasteiger partial charge >= 0.3 is 0 Å². The molecule has 5 N–H and O–H groups in total. The Balaban J connectivity index is 1.16. The predicted molar refractivity (Wildman–Crippen MR) is 210 cm³/mol. The van der Waals surface area contributed by atoms with E-state index in [1.54, 1.807) is 23.1 Å². The van der Waals surface area contributed by atoms with Crippen LogP contribution >= 0.6 is 0 Å². The molecule has 2 aromatic rings. The number of imidazole rings is 1. The van der Waals surface area contributed by atoms with Crippen molar-refractivity contribution in [3.63, 3.8) is 0 Å². The summed E-state index contributed by atoms with van der Waals surface area (Å²) in [5.41, 5.74) is -2.39. The highest BCUT2D eigenvalue weighted by atomic mass is 32.2. The van der Waals surface area contributed by atoms with Crippen molar-refractivity contribution in [2.45, 2.75) is 129 Å². The largest absolute Gasteiger partial charge is 0.342 e. The number of rotatable bonds is 11. The number of carbonyl (C=O) groups is 5. The molecule has 14 nitrogen and oxygen atoms in total. The predicted octanol–water partition coefficient (Wildman–Crippen LogP) is 3.71. The molecule has 0 bridgehead atoms. The van der Waals surface area contributed by atoms with Crippen LogP contribution in [0, 0.1) is 33.0 Å². The minimum atomic E-state index is -3.88. The number of hydrogen-bond acceptors (Lipinski definition) is 8. The van der Waals surface area contributed by atoms with Crippen LogP contribution in [0.3, 0.4) is 0 Å². The average molecular weight is 792 g/mol. The van der Waals surface area contributed by atoms with Crippen LogP contribution in [0.15, 0.2) is 36.9 Å². The molecule has 6 atom stereocenters. The minimum absolute atomic E-state index is 0.0388. The molecule has 5 amide bonds. The number of benzene rings is 1. The van der Waals surface area contributed by atoms with E-state index in [9.17, 15) is 27.6 Å².